The normalized spacial score (nSPS) is 12.3. The van der Waals surface area contributed by atoms with Gasteiger partial charge in [0.15, 0.2) is 0 Å². The summed E-state index contributed by atoms with van der Waals surface area (Å²) in [5.41, 5.74) is -1.63. The lowest BCUT2D eigenvalue weighted by atomic mass is 10.1. The molecule has 28 heavy (non-hydrogen) atoms. The van der Waals surface area contributed by atoms with Gasteiger partial charge in [0.25, 0.3) is 15.7 Å². The standard InChI is InChI=1S/C15H20N4O8S/c1-9(14(20)26-4)17-13-11(19(22)23)6-10(15(21)27-5)7-12(13)28(24,25)16-8-18(2)3/h6-9,17H,1-5H3/b16-8+/t9-/m0/s1. The molecule has 1 aromatic carbocycles. The van der Waals surface area contributed by atoms with Crippen LogP contribution in [0.2, 0.25) is 0 Å². The maximum absolute atomic E-state index is 12.7. The fourth-order valence-corrected chi connectivity index (χ4v) is 3.12. The topological polar surface area (TPSA) is 158 Å². The number of nitro groups is 1. The van der Waals surface area contributed by atoms with Gasteiger partial charge in [0.05, 0.1) is 24.7 Å². The summed E-state index contributed by atoms with van der Waals surface area (Å²) in [7, 11) is 0.699. The smallest absolute Gasteiger partial charge is 0.338 e. The summed E-state index contributed by atoms with van der Waals surface area (Å²) >= 11 is 0. The van der Waals surface area contributed by atoms with E-state index in [1.165, 1.54) is 25.9 Å². The summed E-state index contributed by atoms with van der Waals surface area (Å²) in [4.78, 5) is 34.8. The van der Waals surface area contributed by atoms with Gasteiger partial charge in [-0.25, -0.2) is 9.59 Å². The number of methoxy groups -OCH3 is 2. The van der Waals surface area contributed by atoms with Crippen LogP contribution in [0.4, 0.5) is 11.4 Å². The Morgan fingerprint density at radius 1 is 1.29 bits per heavy atom. The van der Waals surface area contributed by atoms with Gasteiger partial charge in [-0.3, -0.25) is 10.1 Å². The van der Waals surface area contributed by atoms with Crippen molar-refractivity contribution in [2.24, 2.45) is 4.40 Å². The predicted octanol–water partition coefficient (Wildman–Crippen LogP) is 0.633. The molecule has 0 heterocycles. The van der Waals surface area contributed by atoms with Crippen molar-refractivity contribution in [1.82, 2.24) is 4.90 Å². The summed E-state index contributed by atoms with van der Waals surface area (Å²) in [5, 5.41) is 14.0. The van der Waals surface area contributed by atoms with Crippen molar-refractivity contribution in [3.05, 3.63) is 27.8 Å². The first-order chi connectivity index (χ1) is 12.9. The molecule has 0 aliphatic rings. The SMILES string of the molecule is COC(=O)c1cc([N+](=O)[O-])c(N[C@@H](C)C(=O)OC)c(S(=O)(=O)/N=C/N(C)C)c1. The lowest BCUT2D eigenvalue weighted by Gasteiger charge is -2.16. The van der Waals surface area contributed by atoms with E-state index in [-0.39, 0.29) is 5.56 Å². The van der Waals surface area contributed by atoms with Crippen LogP contribution in [0, 0.1) is 10.1 Å². The van der Waals surface area contributed by atoms with Crippen LogP contribution in [-0.2, 0) is 24.3 Å². The van der Waals surface area contributed by atoms with Crippen molar-refractivity contribution >= 4 is 39.7 Å². The number of hydrogen-bond donors (Lipinski definition) is 1. The van der Waals surface area contributed by atoms with E-state index in [0.717, 1.165) is 32.7 Å². The van der Waals surface area contributed by atoms with Gasteiger partial charge in [0, 0.05) is 20.2 Å². The van der Waals surface area contributed by atoms with Gasteiger partial charge in [-0.2, -0.15) is 8.42 Å². The summed E-state index contributed by atoms with van der Waals surface area (Å²) in [6, 6.07) is 0.597. The van der Waals surface area contributed by atoms with Crippen molar-refractivity contribution < 1.29 is 32.4 Å². The minimum atomic E-state index is -4.48. The zero-order chi connectivity index (χ0) is 21.6. The Morgan fingerprint density at radius 3 is 2.36 bits per heavy atom. The lowest BCUT2D eigenvalue weighted by Crippen LogP contribution is -2.28. The molecular weight excluding hydrogens is 396 g/mol. The molecule has 1 aromatic rings. The molecule has 0 radical (unpaired) electrons. The third-order valence-corrected chi connectivity index (χ3v) is 4.56. The van der Waals surface area contributed by atoms with Crippen molar-refractivity contribution in [3.63, 3.8) is 0 Å². The van der Waals surface area contributed by atoms with Crippen LogP contribution >= 0.6 is 0 Å². The van der Waals surface area contributed by atoms with Gasteiger partial charge in [-0.15, -0.1) is 4.40 Å². The molecule has 154 valence electrons. The van der Waals surface area contributed by atoms with Gasteiger partial charge >= 0.3 is 11.9 Å². The second-order valence-corrected chi connectivity index (χ2v) is 7.27. The summed E-state index contributed by atoms with van der Waals surface area (Å²) in [5.74, 6) is -1.77. The number of rotatable bonds is 8. The molecule has 1 rings (SSSR count). The number of nitrogens with zero attached hydrogens (tertiary/aromatic N) is 3. The zero-order valence-corrected chi connectivity index (χ0v) is 16.6. The monoisotopic (exact) mass is 416 g/mol. The van der Waals surface area contributed by atoms with Crippen molar-refractivity contribution in [1.29, 1.82) is 0 Å². The summed E-state index contributed by atoms with van der Waals surface area (Å²) in [6.45, 7) is 1.32. The molecule has 1 N–H and O–H groups in total. The van der Waals surface area contributed by atoms with Gasteiger partial charge in [-0.05, 0) is 13.0 Å². The summed E-state index contributed by atoms with van der Waals surface area (Å²) in [6.07, 6.45) is 0.972. The Balaban J connectivity index is 3.80. The van der Waals surface area contributed by atoms with Crippen LogP contribution in [-0.4, -0.2) is 70.9 Å². The van der Waals surface area contributed by atoms with Crippen LogP contribution in [0.1, 0.15) is 17.3 Å². The van der Waals surface area contributed by atoms with Gasteiger partial charge < -0.3 is 19.7 Å². The second-order valence-electron chi connectivity index (χ2n) is 5.67. The molecule has 0 saturated carbocycles. The Hall–Kier alpha value is -3.22. The minimum absolute atomic E-state index is 0.371. The molecule has 0 amide bonds. The van der Waals surface area contributed by atoms with Crippen molar-refractivity contribution in [2.75, 3.05) is 33.6 Å². The third-order valence-electron chi connectivity index (χ3n) is 3.31. The zero-order valence-electron chi connectivity index (χ0n) is 15.8. The highest BCUT2D eigenvalue weighted by molar-refractivity contribution is 7.90. The van der Waals surface area contributed by atoms with E-state index in [0.29, 0.717) is 0 Å². The molecule has 13 heteroatoms. The van der Waals surface area contributed by atoms with Crippen LogP contribution in [0.3, 0.4) is 0 Å². The highest BCUT2D eigenvalue weighted by atomic mass is 32.2. The molecular formula is C15H20N4O8S. The number of hydrogen-bond acceptors (Lipinski definition) is 9. The number of sulfonamides is 1. The van der Waals surface area contributed by atoms with E-state index in [9.17, 15) is 28.1 Å². The van der Waals surface area contributed by atoms with E-state index in [1.807, 2.05) is 0 Å². The van der Waals surface area contributed by atoms with Crippen LogP contribution in [0.25, 0.3) is 0 Å². The molecule has 0 aliphatic heterocycles. The van der Waals surface area contributed by atoms with E-state index in [2.05, 4.69) is 19.2 Å². The van der Waals surface area contributed by atoms with Crippen molar-refractivity contribution in [3.8, 4) is 0 Å². The number of carbonyl (C=O) groups excluding carboxylic acids is 2. The largest absolute Gasteiger partial charge is 0.467 e. The van der Waals surface area contributed by atoms with Crippen molar-refractivity contribution in [2.45, 2.75) is 17.9 Å². The average Bonchev–Trinajstić information content (AvgIpc) is 2.64. The molecule has 12 nitrogen and oxygen atoms in total. The van der Waals surface area contributed by atoms with Gasteiger partial charge in [0.1, 0.15) is 23.0 Å². The first kappa shape index (κ1) is 22.8. The van der Waals surface area contributed by atoms with Gasteiger partial charge in [-0.1, -0.05) is 0 Å². The average molecular weight is 416 g/mol. The second kappa shape index (κ2) is 9.12. The molecule has 0 aromatic heterocycles. The third kappa shape index (κ3) is 5.39. The maximum atomic E-state index is 12.7. The Kier molecular flexibility index (Phi) is 7.43. The fourth-order valence-electron chi connectivity index (χ4n) is 1.99. The van der Waals surface area contributed by atoms with Crippen LogP contribution < -0.4 is 5.32 Å². The number of esters is 2. The number of anilines is 1. The minimum Gasteiger partial charge on any atom is -0.467 e. The molecule has 0 saturated heterocycles. The Bertz CT molecular complexity index is 911. The Morgan fingerprint density at radius 2 is 1.89 bits per heavy atom. The lowest BCUT2D eigenvalue weighted by molar-refractivity contribution is -0.384. The molecule has 0 unspecified atom stereocenters. The first-order valence-electron chi connectivity index (χ1n) is 7.66. The number of nitro benzene ring substituents is 1. The van der Waals surface area contributed by atoms with Crippen LogP contribution in [0.5, 0.6) is 0 Å². The maximum Gasteiger partial charge on any atom is 0.338 e. The Labute approximate surface area is 161 Å². The molecule has 1 atom stereocenters. The highest BCUT2D eigenvalue weighted by Crippen LogP contribution is 2.35. The van der Waals surface area contributed by atoms with E-state index >= 15 is 0 Å². The van der Waals surface area contributed by atoms with E-state index in [1.54, 1.807) is 0 Å². The predicted molar refractivity (Wildman–Crippen MR) is 98.9 cm³/mol. The molecule has 0 bridgehead atoms. The molecule has 0 fully saturated rings. The quantitative estimate of drug-likeness (QED) is 0.209. The number of carbonyl (C=O) groups is 2. The molecule has 0 spiro atoms. The number of nitrogens with one attached hydrogen (secondary N) is 1. The number of ether oxygens (including phenoxy) is 2. The number of benzene rings is 1. The van der Waals surface area contributed by atoms with E-state index < -0.39 is 49.2 Å². The van der Waals surface area contributed by atoms with Crippen LogP contribution in [0.15, 0.2) is 21.4 Å². The fraction of sp³-hybridized carbons (Fsp3) is 0.400. The summed E-state index contributed by atoms with van der Waals surface area (Å²) < 4.78 is 37.8. The van der Waals surface area contributed by atoms with E-state index in [4.69, 9.17) is 0 Å². The first-order valence-corrected chi connectivity index (χ1v) is 9.10. The highest BCUT2D eigenvalue weighted by Gasteiger charge is 2.31. The van der Waals surface area contributed by atoms with Gasteiger partial charge in [0.2, 0.25) is 0 Å². The molecule has 0 aliphatic carbocycles.